The molecule has 0 amide bonds. The number of hydrogen-bond donors (Lipinski definition) is 1. The number of hydrogen-bond acceptors (Lipinski definition) is 3. The van der Waals surface area contributed by atoms with Gasteiger partial charge in [0.2, 0.25) is 0 Å². The van der Waals surface area contributed by atoms with Crippen LogP contribution in [0.25, 0.3) is 5.69 Å². The second-order valence-corrected chi connectivity index (χ2v) is 4.60. The van der Waals surface area contributed by atoms with Crippen LogP contribution in [-0.4, -0.2) is 43.8 Å². The van der Waals surface area contributed by atoms with Crippen molar-refractivity contribution in [2.75, 3.05) is 5.73 Å². The van der Waals surface area contributed by atoms with Gasteiger partial charge in [-0.15, -0.1) is 0 Å². The van der Waals surface area contributed by atoms with Crippen LogP contribution in [-0.2, 0) is 0 Å². The zero-order chi connectivity index (χ0) is 14.2. The van der Waals surface area contributed by atoms with Crippen molar-refractivity contribution in [1.29, 1.82) is 0 Å². The molecule has 0 aliphatic heterocycles. The van der Waals surface area contributed by atoms with Crippen LogP contribution in [0.5, 0.6) is 0 Å². The lowest BCUT2D eigenvalue weighted by Crippen LogP contribution is -2.40. The van der Waals surface area contributed by atoms with Gasteiger partial charge in [-0.05, 0) is 32.4 Å². The van der Waals surface area contributed by atoms with E-state index in [2.05, 4.69) is 10.1 Å². The molecule has 0 bridgehead atoms. The summed E-state index contributed by atoms with van der Waals surface area (Å²) < 4.78 is 1.78. The molecule has 2 rings (SSSR count). The zero-order valence-electron chi connectivity index (χ0n) is 11.4. The van der Waals surface area contributed by atoms with E-state index in [1.54, 1.807) is 4.68 Å². The standard InChI is InChI=1S/C11H13B4N4/c1-6-4-9(15(13)14-12)10(16)5-11(6)19-8(3)17-7(2)18-19/h4-5H,16H2,1-3H3. The molecule has 2 aromatic rings. The predicted molar refractivity (Wildman–Crippen MR) is 82.6 cm³/mol. The zero-order valence-corrected chi connectivity index (χ0v) is 11.4. The van der Waals surface area contributed by atoms with E-state index in [9.17, 15) is 0 Å². The Morgan fingerprint density at radius 1 is 1.32 bits per heavy atom. The van der Waals surface area contributed by atoms with E-state index in [0.29, 0.717) is 5.69 Å². The van der Waals surface area contributed by atoms with Crippen LogP contribution in [0.4, 0.5) is 5.69 Å². The second kappa shape index (κ2) is 5.19. The third-order valence-electron chi connectivity index (χ3n) is 3.07. The number of nitrogens with two attached hydrogens (primary N) is 1. The predicted octanol–water partition coefficient (Wildman–Crippen LogP) is -0.574. The normalized spacial score (nSPS) is 10.5. The first-order valence-electron chi connectivity index (χ1n) is 6.05. The Labute approximate surface area is 117 Å². The molecule has 0 fully saturated rings. The molecular formula is C11H13B4N4. The van der Waals surface area contributed by atoms with E-state index in [1.807, 2.05) is 32.9 Å². The van der Waals surface area contributed by atoms with Crippen molar-refractivity contribution in [2.45, 2.75) is 20.8 Å². The molecule has 4 nitrogen and oxygen atoms in total. The van der Waals surface area contributed by atoms with Crippen LogP contribution >= 0.6 is 0 Å². The largest absolute Gasteiger partial charge is 0.399 e. The first-order chi connectivity index (χ1) is 8.93. The van der Waals surface area contributed by atoms with Gasteiger partial charge in [0.05, 0.1) is 12.2 Å². The summed E-state index contributed by atoms with van der Waals surface area (Å²) in [7, 11) is 12.8. The Hall–Kier alpha value is -1.58. The van der Waals surface area contributed by atoms with Gasteiger partial charge >= 0.3 is 0 Å². The molecule has 0 aliphatic carbocycles. The highest BCUT2D eigenvalue weighted by Gasteiger charge is 2.14. The lowest BCUT2D eigenvalue weighted by atomic mass is 9.03. The van der Waals surface area contributed by atoms with Crippen molar-refractivity contribution in [3.63, 3.8) is 0 Å². The molecular weight excluding hydrogens is 231 g/mol. The highest BCUT2D eigenvalue weighted by Crippen LogP contribution is 2.17. The van der Waals surface area contributed by atoms with E-state index in [0.717, 1.165) is 28.4 Å². The number of aromatic nitrogens is 3. The Morgan fingerprint density at radius 3 is 2.53 bits per heavy atom. The third-order valence-corrected chi connectivity index (χ3v) is 3.07. The maximum atomic E-state index is 6.04. The van der Waals surface area contributed by atoms with Crippen LogP contribution in [0.15, 0.2) is 12.1 Å². The summed E-state index contributed by atoms with van der Waals surface area (Å²) in [5.74, 6) is 1.55. The minimum absolute atomic E-state index is 0.369. The summed E-state index contributed by atoms with van der Waals surface area (Å²) in [5.41, 5.74) is 9.39. The van der Waals surface area contributed by atoms with E-state index in [-0.39, 0.29) is 6.49 Å². The SMILES string of the molecule is [B][B]B([B])c1cc(C)c(-n2nc(C)nc2C)cc1N. The minimum Gasteiger partial charge on any atom is -0.399 e. The van der Waals surface area contributed by atoms with Crippen molar-refractivity contribution in [3.8, 4) is 5.69 Å². The number of nitrogen functional groups attached to an aromatic ring is 1. The molecule has 0 saturated carbocycles. The van der Waals surface area contributed by atoms with Gasteiger partial charge in [0.25, 0.3) is 0 Å². The molecule has 0 atom stereocenters. The Morgan fingerprint density at radius 2 is 2.00 bits per heavy atom. The lowest BCUT2D eigenvalue weighted by molar-refractivity contribution is 0.826. The average Bonchev–Trinajstić information content (AvgIpc) is 2.69. The summed E-state index contributed by atoms with van der Waals surface area (Å²) in [6, 6.07) is 3.80. The van der Waals surface area contributed by atoms with Crippen molar-refractivity contribution in [2.24, 2.45) is 0 Å². The third kappa shape index (κ3) is 2.57. The van der Waals surface area contributed by atoms with Crippen molar-refractivity contribution in [1.82, 2.24) is 14.8 Å². The van der Waals surface area contributed by atoms with Crippen molar-refractivity contribution in [3.05, 3.63) is 29.3 Å². The summed E-state index contributed by atoms with van der Waals surface area (Å²) >= 11 is 0. The summed E-state index contributed by atoms with van der Waals surface area (Å²) in [4.78, 5) is 4.29. The number of nitrogens with zero attached hydrogens (tertiary/aromatic N) is 3. The van der Waals surface area contributed by atoms with Crippen molar-refractivity contribution >= 4 is 40.2 Å². The van der Waals surface area contributed by atoms with E-state index < -0.39 is 0 Å². The quantitative estimate of drug-likeness (QED) is 0.581. The molecule has 2 N–H and O–H groups in total. The highest BCUT2D eigenvalue weighted by atomic mass is 15.3. The van der Waals surface area contributed by atoms with Gasteiger partial charge in [0, 0.05) is 28.2 Å². The molecule has 1 aromatic carbocycles. The topological polar surface area (TPSA) is 56.7 Å². The molecule has 89 valence electrons. The number of anilines is 1. The van der Waals surface area contributed by atoms with Crippen LogP contribution < -0.4 is 11.2 Å². The fourth-order valence-corrected chi connectivity index (χ4v) is 2.10. The van der Waals surface area contributed by atoms with Gasteiger partial charge in [-0.3, -0.25) is 0 Å². The molecule has 5 radical (unpaired) electrons. The number of benzene rings is 1. The molecule has 0 spiro atoms. The van der Waals surface area contributed by atoms with E-state index in [4.69, 9.17) is 21.2 Å². The Kier molecular flexibility index (Phi) is 3.78. The van der Waals surface area contributed by atoms with Crippen LogP contribution in [0.1, 0.15) is 17.2 Å². The first kappa shape index (κ1) is 13.8. The van der Waals surface area contributed by atoms with Gasteiger partial charge in [-0.25, -0.2) is 9.67 Å². The Balaban J connectivity index is 2.55. The maximum absolute atomic E-state index is 6.04. The second-order valence-electron chi connectivity index (χ2n) is 4.60. The van der Waals surface area contributed by atoms with Gasteiger partial charge in [0.15, 0.2) is 0 Å². The highest BCUT2D eigenvalue weighted by molar-refractivity contribution is 7.50. The van der Waals surface area contributed by atoms with Crippen LogP contribution in [0, 0.1) is 20.8 Å². The van der Waals surface area contributed by atoms with E-state index >= 15 is 0 Å². The lowest BCUT2D eigenvalue weighted by Gasteiger charge is -2.15. The van der Waals surface area contributed by atoms with Crippen LogP contribution in [0.2, 0.25) is 0 Å². The van der Waals surface area contributed by atoms with Gasteiger partial charge < -0.3 is 5.73 Å². The molecule has 0 saturated heterocycles. The summed E-state index contributed by atoms with van der Waals surface area (Å²) in [6.45, 7) is 5.38. The molecule has 19 heavy (non-hydrogen) atoms. The summed E-state index contributed by atoms with van der Waals surface area (Å²) in [6.07, 6.45) is 0. The van der Waals surface area contributed by atoms with Crippen molar-refractivity contribution < 1.29 is 0 Å². The number of aryl methyl sites for hydroxylation is 3. The molecule has 0 unspecified atom stereocenters. The smallest absolute Gasteiger partial charge is 0.148 e. The monoisotopic (exact) mass is 245 g/mol. The average molecular weight is 245 g/mol. The maximum Gasteiger partial charge on any atom is 0.148 e. The number of rotatable bonds is 3. The Bertz CT molecular complexity index is 611. The molecule has 0 aliphatic rings. The molecule has 8 heteroatoms. The fourth-order valence-electron chi connectivity index (χ4n) is 2.10. The molecule has 1 heterocycles. The van der Waals surface area contributed by atoms with Crippen LogP contribution in [0.3, 0.4) is 0 Å². The summed E-state index contributed by atoms with van der Waals surface area (Å²) in [5, 5.41) is 4.36. The van der Waals surface area contributed by atoms with E-state index in [1.165, 1.54) is 7.06 Å². The van der Waals surface area contributed by atoms with Gasteiger partial charge in [-0.2, -0.15) is 5.10 Å². The fraction of sp³-hybridized carbons (Fsp3) is 0.273. The minimum atomic E-state index is -0.369. The van der Waals surface area contributed by atoms with Gasteiger partial charge in [-0.1, -0.05) is 11.5 Å². The molecule has 1 aromatic heterocycles. The van der Waals surface area contributed by atoms with Gasteiger partial charge in [0.1, 0.15) is 11.6 Å². The first-order valence-corrected chi connectivity index (χ1v) is 6.05.